The summed E-state index contributed by atoms with van der Waals surface area (Å²) in [6.45, 7) is 5.57. The lowest BCUT2D eigenvalue weighted by atomic mass is 9.98. The third-order valence-electron chi connectivity index (χ3n) is 5.07. The minimum atomic E-state index is -0.658. The topological polar surface area (TPSA) is 79.2 Å². The van der Waals surface area contributed by atoms with Crippen LogP contribution >= 0.6 is 22.9 Å². The largest absolute Gasteiger partial charge is 0.489 e. The molecule has 1 N–H and O–H groups in total. The lowest BCUT2D eigenvalue weighted by molar-refractivity contribution is -0.120. The number of nitrogens with one attached hydrogen (secondary N) is 1. The van der Waals surface area contributed by atoms with Crippen LogP contribution in [0.15, 0.2) is 53.9 Å². The number of hydrogen-bond acceptors (Lipinski definition) is 5. The van der Waals surface area contributed by atoms with E-state index in [1.54, 1.807) is 25.1 Å². The number of carbonyl (C=O) groups is 2. The third kappa shape index (κ3) is 6.22. The number of halogens is 1. The molecule has 0 spiro atoms. The van der Waals surface area contributed by atoms with Gasteiger partial charge in [0.25, 0.3) is 5.91 Å². The molecule has 1 unspecified atom stereocenters. The van der Waals surface area contributed by atoms with E-state index in [4.69, 9.17) is 16.3 Å². The third-order valence-corrected chi connectivity index (χ3v) is 6.19. The number of rotatable bonds is 9. The van der Waals surface area contributed by atoms with Crippen LogP contribution in [-0.4, -0.2) is 23.8 Å². The number of nitrogens with zero attached hydrogens (tertiary/aromatic N) is 1. The van der Waals surface area contributed by atoms with Gasteiger partial charge in [0, 0.05) is 17.5 Å². The van der Waals surface area contributed by atoms with Crippen molar-refractivity contribution in [1.29, 1.82) is 5.26 Å². The van der Waals surface area contributed by atoms with Crippen LogP contribution in [0.4, 0.5) is 0 Å². The minimum Gasteiger partial charge on any atom is -0.489 e. The number of thiophene rings is 1. The summed E-state index contributed by atoms with van der Waals surface area (Å²) in [5, 5.41) is 14.3. The fourth-order valence-corrected chi connectivity index (χ4v) is 4.34. The standard InChI is InChI=1S/C26H25ClN2O3S/c1-4-23(30)22(29-26(31)19-9-10-24(21(27)14-19)32-16(2)3)13-17-5-7-18(8-6-17)20-11-12-33-25(20)15-28/h5-12,14,16,22H,4,13H2,1-3H3,(H,29,31). The summed E-state index contributed by atoms with van der Waals surface area (Å²) >= 11 is 7.67. The zero-order valence-electron chi connectivity index (χ0n) is 18.7. The Morgan fingerprint density at radius 3 is 2.48 bits per heavy atom. The Hall–Kier alpha value is -3.14. The summed E-state index contributed by atoms with van der Waals surface area (Å²) < 4.78 is 5.61. The average Bonchev–Trinajstić information content (AvgIpc) is 3.28. The zero-order chi connectivity index (χ0) is 24.0. The van der Waals surface area contributed by atoms with Gasteiger partial charge >= 0.3 is 0 Å². The molecule has 1 aromatic heterocycles. The summed E-state index contributed by atoms with van der Waals surface area (Å²) in [5.74, 6) is 0.0888. The Bertz CT molecular complexity index is 1180. The molecule has 0 bridgehead atoms. The number of Topliss-reactive ketones (excluding diaryl/α,β-unsaturated/α-hetero) is 1. The van der Waals surface area contributed by atoms with Gasteiger partial charge in [-0.15, -0.1) is 11.3 Å². The Balaban J connectivity index is 1.74. The van der Waals surface area contributed by atoms with Crippen molar-refractivity contribution in [2.75, 3.05) is 0 Å². The number of carbonyl (C=O) groups excluding carboxylic acids is 2. The highest BCUT2D eigenvalue weighted by Crippen LogP contribution is 2.28. The van der Waals surface area contributed by atoms with Crippen LogP contribution in [0.1, 0.15) is 48.0 Å². The summed E-state index contributed by atoms with van der Waals surface area (Å²) in [7, 11) is 0. The maximum Gasteiger partial charge on any atom is 0.251 e. The van der Waals surface area contributed by atoms with E-state index in [1.807, 2.05) is 49.6 Å². The highest BCUT2D eigenvalue weighted by Gasteiger charge is 2.21. The van der Waals surface area contributed by atoms with Crippen LogP contribution in [0, 0.1) is 11.3 Å². The SMILES string of the molecule is CCC(=O)C(Cc1ccc(-c2ccsc2C#N)cc1)NC(=O)c1ccc(OC(C)C)c(Cl)c1. The minimum absolute atomic E-state index is 0.0358. The van der Waals surface area contributed by atoms with Gasteiger partial charge in [-0.2, -0.15) is 5.26 Å². The molecular weight excluding hydrogens is 456 g/mol. The molecule has 1 heterocycles. The van der Waals surface area contributed by atoms with E-state index in [2.05, 4.69) is 11.4 Å². The fourth-order valence-electron chi connectivity index (χ4n) is 3.40. The lowest BCUT2D eigenvalue weighted by Gasteiger charge is -2.18. The van der Waals surface area contributed by atoms with Gasteiger partial charge in [0.2, 0.25) is 0 Å². The van der Waals surface area contributed by atoms with Crippen molar-refractivity contribution in [1.82, 2.24) is 5.32 Å². The Morgan fingerprint density at radius 2 is 1.88 bits per heavy atom. The predicted molar refractivity (Wildman–Crippen MR) is 132 cm³/mol. The maximum atomic E-state index is 12.8. The first-order chi connectivity index (χ1) is 15.8. The second-order valence-electron chi connectivity index (χ2n) is 7.83. The van der Waals surface area contributed by atoms with Crippen molar-refractivity contribution in [2.45, 2.75) is 45.8 Å². The fraction of sp³-hybridized carbons (Fsp3) is 0.269. The summed E-state index contributed by atoms with van der Waals surface area (Å²) in [5.41, 5.74) is 3.11. The van der Waals surface area contributed by atoms with Gasteiger partial charge in [-0.3, -0.25) is 9.59 Å². The Kier molecular flexibility index (Phi) is 8.26. The van der Waals surface area contributed by atoms with Gasteiger partial charge in [-0.25, -0.2) is 0 Å². The molecule has 1 amide bonds. The van der Waals surface area contributed by atoms with Crippen LogP contribution < -0.4 is 10.1 Å². The first kappa shape index (κ1) is 24.5. The number of ketones is 1. The first-order valence-electron chi connectivity index (χ1n) is 10.7. The summed E-state index contributed by atoms with van der Waals surface area (Å²) in [4.78, 5) is 26.1. The van der Waals surface area contributed by atoms with Gasteiger partial charge < -0.3 is 10.1 Å². The molecule has 0 fully saturated rings. The van der Waals surface area contributed by atoms with Crippen LogP contribution in [0.2, 0.25) is 5.02 Å². The molecule has 0 saturated carbocycles. The molecule has 3 aromatic rings. The van der Waals surface area contributed by atoms with Gasteiger partial charge in [0.1, 0.15) is 16.7 Å². The molecule has 0 aliphatic rings. The number of hydrogen-bond donors (Lipinski definition) is 1. The highest BCUT2D eigenvalue weighted by molar-refractivity contribution is 7.11. The first-order valence-corrected chi connectivity index (χ1v) is 11.9. The van der Waals surface area contributed by atoms with Crippen molar-refractivity contribution in [3.05, 3.63) is 74.9 Å². The van der Waals surface area contributed by atoms with Gasteiger partial charge in [-0.05, 0) is 61.0 Å². The van der Waals surface area contributed by atoms with Crippen LogP contribution in [0.5, 0.6) is 5.75 Å². The smallest absolute Gasteiger partial charge is 0.251 e. The number of ether oxygens (including phenoxy) is 1. The molecule has 3 rings (SSSR count). The highest BCUT2D eigenvalue weighted by atomic mass is 35.5. The summed E-state index contributed by atoms with van der Waals surface area (Å²) in [6.07, 6.45) is 0.646. The predicted octanol–water partition coefficient (Wildman–Crippen LogP) is 6.05. The average molecular weight is 481 g/mol. The van der Waals surface area contributed by atoms with E-state index in [0.29, 0.717) is 34.1 Å². The molecular formula is C26H25ClN2O3S. The van der Waals surface area contributed by atoms with Crippen molar-refractivity contribution in [3.8, 4) is 22.9 Å². The molecule has 5 nitrogen and oxygen atoms in total. The van der Waals surface area contributed by atoms with Crippen molar-refractivity contribution >= 4 is 34.6 Å². The van der Waals surface area contributed by atoms with E-state index >= 15 is 0 Å². The van der Waals surface area contributed by atoms with E-state index in [-0.39, 0.29) is 17.8 Å². The molecule has 0 aliphatic heterocycles. The van der Waals surface area contributed by atoms with Crippen LogP contribution in [-0.2, 0) is 11.2 Å². The molecule has 0 saturated heterocycles. The van der Waals surface area contributed by atoms with E-state index < -0.39 is 6.04 Å². The second-order valence-corrected chi connectivity index (χ2v) is 9.16. The van der Waals surface area contributed by atoms with E-state index in [0.717, 1.165) is 16.7 Å². The number of benzene rings is 2. The summed E-state index contributed by atoms with van der Waals surface area (Å²) in [6, 6.07) is 16.0. The molecule has 1 atom stereocenters. The quantitative estimate of drug-likeness (QED) is 0.404. The van der Waals surface area contributed by atoms with Gasteiger partial charge in [0.15, 0.2) is 5.78 Å². The Labute approximate surface area is 203 Å². The van der Waals surface area contributed by atoms with Crippen molar-refractivity contribution in [3.63, 3.8) is 0 Å². The molecule has 2 aromatic carbocycles. The van der Waals surface area contributed by atoms with Gasteiger partial charge in [-0.1, -0.05) is 42.8 Å². The second kappa shape index (κ2) is 11.1. The monoisotopic (exact) mass is 480 g/mol. The maximum absolute atomic E-state index is 12.8. The molecule has 0 aliphatic carbocycles. The van der Waals surface area contributed by atoms with E-state index in [9.17, 15) is 14.9 Å². The van der Waals surface area contributed by atoms with Crippen LogP contribution in [0.25, 0.3) is 11.1 Å². The van der Waals surface area contributed by atoms with Crippen molar-refractivity contribution < 1.29 is 14.3 Å². The molecule has 7 heteroatoms. The lowest BCUT2D eigenvalue weighted by Crippen LogP contribution is -2.42. The number of nitriles is 1. The normalized spacial score (nSPS) is 11.6. The zero-order valence-corrected chi connectivity index (χ0v) is 20.3. The molecule has 0 radical (unpaired) electrons. The van der Waals surface area contributed by atoms with Gasteiger partial charge in [0.05, 0.1) is 17.2 Å². The molecule has 170 valence electrons. The van der Waals surface area contributed by atoms with Crippen LogP contribution in [0.3, 0.4) is 0 Å². The van der Waals surface area contributed by atoms with Crippen molar-refractivity contribution in [2.24, 2.45) is 0 Å². The molecule has 33 heavy (non-hydrogen) atoms. The van der Waals surface area contributed by atoms with E-state index in [1.165, 1.54) is 11.3 Å². The number of amides is 1. The Morgan fingerprint density at radius 1 is 1.15 bits per heavy atom.